The zero-order valence-electron chi connectivity index (χ0n) is 17.0. The highest BCUT2D eigenvalue weighted by molar-refractivity contribution is 6.31. The lowest BCUT2D eigenvalue weighted by atomic mass is 9.92. The summed E-state index contributed by atoms with van der Waals surface area (Å²) in [6, 6.07) is 7.95. The Morgan fingerprint density at radius 3 is 2.31 bits per heavy atom. The van der Waals surface area contributed by atoms with Crippen molar-refractivity contribution in [1.82, 2.24) is 10.2 Å². The second-order valence-electron chi connectivity index (χ2n) is 8.53. The summed E-state index contributed by atoms with van der Waals surface area (Å²) in [6.45, 7) is 1.45. The molecule has 2 fully saturated rings. The minimum atomic E-state index is -4.43. The van der Waals surface area contributed by atoms with Crippen molar-refractivity contribution in [2.45, 2.75) is 31.5 Å². The Labute approximate surface area is 187 Å². The fraction of sp³-hybridized carbons (Fsp3) is 0.391. The minimum absolute atomic E-state index is 0.00944. The first-order valence-electron chi connectivity index (χ1n) is 10.3. The summed E-state index contributed by atoms with van der Waals surface area (Å²) in [5.74, 6) is -1.16. The Hall–Kier alpha value is -2.45. The molecule has 0 aromatic heterocycles. The van der Waals surface area contributed by atoms with Crippen LogP contribution < -0.4 is 5.32 Å². The van der Waals surface area contributed by atoms with Crippen LogP contribution in [0.15, 0.2) is 42.5 Å². The minimum Gasteiger partial charge on any atom is -0.349 e. The molecule has 32 heavy (non-hydrogen) atoms. The zero-order chi connectivity index (χ0) is 23.1. The Bertz CT molecular complexity index is 1010. The first-order valence-corrected chi connectivity index (χ1v) is 10.6. The quantitative estimate of drug-likeness (QED) is 0.498. The van der Waals surface area contributed by atoms with E-state index in [4.69, 9.17) is 11.6 Å². The van der Waals surface area contributed by atoms with Crippen LogP contribution >= 0.6 is 11.6 Å². The Kier molecular flexibility index (Phi) is 6.02. The average molecular weight is 469 g/mol. The van der Waals surface area contributed by atoms with Crippen molar-refractivity contribution in [1.29, 1.82) is 0 Å². The van der Waals surface area contributed by atoms with Gasteiger partial charge in [-0.15, -0.1) is 0 Å². The van der Waals surface area contributed by atoms with E-state index in [9.17, 15) is 27.2 Å². The van der Waals surface area contributed by atoms with Crippen molar-refractivity contribution in [3.63, 3.8) is 0 Å². The monoisotopic (exact) mass is 468 g/mol. The third-order valence-electron chi connectivity index (χ3n) is 6.37. The van der Waals surface area contributed by atoms with E-state index in [0.29, 0.717) is 13.1 Å². The van der Waals surface area contributed by atoms with Gasteiger partial charge in [-0.05, 0) is 68.1 Å². The second-order valence-corrected chi connectivity index (χ2v) is 8.96. The summed E-state index contributed by atoms with van der Waals surface area (Å²) < 4.78 is 51.5. The van der Waals surface area contributed by atoms with Gasteiger partial charge in [0.15, 0.2) is 5.78 Å². The molecule has 1 aliphatic carbocycles. The van der Waals surface area contributed by atoms with Gasteiger partial charge >= 0.3 is 6.18 Å². The molecule has 2 aromatic carbocycles. The van der Waals surface area contributed by atoms with Gasteiger partial charge in [-0.3, -0.25) is 14.5 Å². The number of piperidine rings is 1. The fourth-order valence-electron chi connectivity index (χ4n) is 4.33. The maximum absolute atomic E-state index is 13.5. The summed E-state index contributed by atoms with van der Waals surface area (Å²) in [6.07, 6.45) is -2.02. The molecule has 4 nitrogen and oxygen atoms in total. The SMILES string of the molecule is O=C(CN1CCC2(CC1)CC2NC(=O)c1cc(F)cc(Cl)c1)c1ccc(C(F)(F)F)cc1. The highest BCUT2D eigenvalue weighted by Crippen LogP contribution is 2.54. The molecule has 1 heterocycles. The van der Waals surface area contributed by atoms with Gasteiger partial charge in [-0.2, -0.15) is 13.2 Å². The molecule has 9 heteroatoms. The van der Waals surface area contributed by atoms with E-state index < -0.39 is 17.6 Å². The van der Waals surface area contributed by atoms with Crippen molar-refractivity contribution < 1.29 is 27.2 Å². The molecule has 0 radical (unpaired) electrons. The molecule has 1 aliphatic heterocycles. The van der Waals surface area contributed by atoms with Crippen LogP contribution in [-0.2, 0) is 6.18 Å². The topological polar surface area (TPSA) is 49.4 Å². The number of carbonyl (C=O) groups is 2. The number of nitrogens with one attached hydrogen (secondary N) is 1. The summed E-state index contributed by atoms with van der Waals surface area (Å²) in [7, 11) is 0. The largest absolute Gasteiger partial charge is 0.416 e. The Morgan fingerprint density at radius 1 is 1.06 bits per heavy atom. The van der Waals surface area contributed by atoms with Gasteiger partial charge in [0, 0.05) is 22.2 Å². The number of ketones is 1. The third kappa shape index (κ3) is 4.96. The first-order chi connectivity index (χ1) is 15.1. The first kappa shape index (κ1) is 22.7. The molecule has 4 rings (SSSR count). The van der Waals surface area contributed by atoms with Crippen LogP contribution in [0.4, 0.5) is 17.6 Å². The van der Waals surface area contributed by atoms with Crippen LogP contribution in [0.5, 0.6) is 0 Å². The second kappa shape index (κ2) is 8.48. The number of amides is 1. The lowest BCUT2D eigenvalue weighted by Gasteiger charge is -2.32. The maximum Gasteiger partial charge on any atom is 0.416 e. The summed E-state index contributed by atoms with van der Waals surface area (Å²) in [5.41, 5.74) is -0.378. The Balaban J connectivity index is 1.27. The van der Waals surface area contributed by atoms with Crippen molar-refractivity contribution in [3.05, 3.63) is 70.0 Å². The standard InChI is InChI=1S/C23H21ClF4N2O2/c24-17-9-15(10-18(25)11-17)21(32)29-20-12-22(20)5-7-30(8-6-22)13-19(31)14-1-3-16(4-2-14)23(26,27)28/h1-4,9-11,20H,5-8,12-13H2,(H,29,32). The van der Waals surface area contributed by atoms with E-state index in [2.05, 4.69) is 5.32 Å². The molecule has 170 valence electrons. The van der Waals surface area contributed by atoms with Gasteiger partial charge in [0.1, 0.15) is 5.82 Å². The molecular formula is C23H21ClF4N2O2. The number of alkyl halides is 3. The molecule has 2 aromatic rings. The number of Topliss-reactive ketones (excluding diaryl/α,β-unsaturated/α-hetero) is 1. The molecule has 1 N–H and O–H groups in total. The number of carbonyl (C=O) groups excluding carboxylic acids is 2. The van der Waals surface area contributed by atoms with Gasteiger partial charge in [-0.1, -0.05) is 23.7 Å². The zero-order valence-corrected chi connectivity index (χ0v) is 17.8. The number of hydrogen-bond acceptors (Lipinski definition) is 3. The summed E-state index contributed by atoms with van der Waals surface area (Å²) >= 11 is 5.81. The number of likely N-dealkylation sites (tertiary alicyclic amines) is 1. The van der Waals surface area contributed by atoms with Gasteiger partial charge < -0.3 is 5.32 Å². The number of hydrogen-bond donors (Lipinski definition) is 1. The van der Waals surface area contributed by atoms with Crippen LogP contribution in [0.2, 0.25) is 5.02 Å². The number of benzene rings is 2. The van der Waals surface area contributed by atoms with Crippen LogP contribution in [0.3, 0.4) is 0 Å². The average Bonchev–Trinajstić information content (AvgIpc) is 3.39. The van der Waals surface area contributed by atoms with E-state index in [-0.39, 0.29) is 45.8 Å². The van der Waals surface area contributed by atoms with Crippen molar-refractivity contribution >= 4 is 23.3 Å². The summed E-state index contributed by atoms with van der Waals surface area (Å²) in [4.78, 5) is 26.8. The van der Waals surface area contributed by atoms with Crippen LogP contribution in [-0.4, -0.2) is 42.3 Å². The number of halogens is 5. The molecule has 1 amide bonds. The number of nitrogens with zero attached hydrogens (tertiary/aromatic N) is 1. The van der Waals surface area contributed by atoms with E-state index in [1.165, 1.54) is 18.2 Å². The molecular weight excluding hydrogens is 448 g/mol. The molecule has 1 spiro atoms. The lowest BCUT2D eigenvalue weighted by molar-refractivity contribution is -0.137. The van der Waals surface area contributed by atoms with E-state index >= 15 is 0 Å². The smallest absolute Gasteiger partial charge is 0.349 e. The summed E-state index contributed by atoms with van der Waals surface area (Å²) in [5, 5.41) is 3.10. The predicted molar refractivity (Wildman–Crippen MR) is 111 cm³/mol. The molecule has 2 aliphatic rings. The maximum atomic E-state index is 13.5. The third-order valence-corrected chi connectivity index (χ3v) is 6.59. The molecule has 1 saturated heterocycles. The normalized spacial score (nSPS) is 20.2. The van der Waals surface area contributed by atoms with Crippen LogP contribution in [0.1, 0.15) is 45.5 Å². The van der Waals surface area contributed by atoms with Gasteiger partial charge in [-0.25, -0.2) is 4.39 Å². The lowest BCUT2D eigenvalue weighted by Crippen LogP contribution is -2.41. The van der Waals surface area contributed by atoms with Gasteiger partial charge in [0.2, 0.25) is 0 Å². The van der Waals surface area contributed by atoms with Crippen LogP contribution in [0, 0.1) is 11.2 Å². The molecule has 1 saturated carbocycles. The van der Waals surface area contributed by atoms with Crippen molar-refractivity contribution in [3.8, 4) is 0 Å². The van der Waals surface area contributed by atoms with E-state index in [1.54, 1.807) is 0 Å². The highest BCUT2D eigenvalue weighted by atomic mass is 35.5. The molecule has 1 unspecified atom stereocenters. The molecule has 0 bridgehead atoms. The molecule has 1 atom stereocenters. The van der Waals surface area contributed by atoms with E-state index in [0.717, 1.165) is 43.5 Å². The van der Waals surface area contributed by atoms with Gasteiger partial charge in [0.05, 0.1) is 12.1 Å². The Morgan fingerprint density at radius 2 is 1.72 bits per heavy atom. The van der Waals surface area contributed by atoms with Crippen LogP contribution in [0.25, 0.3) is 0 Å². The number of rotatable bonds is 5. The van der Waals surface area contributed by atoms with Gasteiger partial charge in [0.25, 0.3) is 5.91 Å². The van der Waals surface area contributed by atoms with E-state index in [1.807, 2.05) is 4.90 Å². The predicted octanol–water partition coefficient (Wildman–Crippen LogP) is 4.97. The van der Waals surface area contributed by atoms with Crippen molar-refractivity contribution in [2.24, 2.45) is 5.41 Å². The van der Waals surface area contributed by atoms with Crippen molar-refractivity contribution in [2.75, 3.05) is 19.6 Å². The highest BCUT2D eigenvalue weighted by Gasteiger charge is 2.55. The fourth-order valence-corrected chi connectivity index (χ4v) is 4.55.